The minimum atomic E-state index is 0.706. The van der Waals surface area contributed by atoms with Gasteiger partial charge in [-0.1, -0.05) is 33.1 Å². The van der Waals surface area contributed by atoms with Gasteiger partial charge in [-0.3, -0.25) is 4.90 Å². The fraction of sp³-hybridized carbons (Fsp3) is 1.00. The number of rotatable bonds is 5. The first-order valence-corrected chi connectivity index (χ1v) is 7.61. The van der Waals surface area contributed by atoms with E-state index in [0.29, 0.717) is 12.1 Å². The molecule has 1 aliphatic heterocycles. The zero-order valence-electron chi connectivity index (χ0n) is 12.1. The number of hydrogen-bond donors (Lipinski definition) is 1. The summed E-state index contributed by atoms with van der Waals surface area (Å²) in [5.41, 5.74) is 0. The second-order valence-corrected chi connectivity index (χ2v) is 6.47. The van der Waals surface area contributed by atoms with E-state index in [0.717, 1.165) is 17.9 Å². The highest BCUT2D eigenvalue weighted by molar-refractivity contribution is 4.90. The van der Waals surface area contributed by atoms with Crippen molar-refractivity contribution < 1.29 is 0 Å². The van der Waals surface area contributed by atoms with Crippen LogP contribution in [0.15, 0.2) is 0 Å². The van der Waals surface area contributed by atoms with Gasteiger partial charge in [-0.2, -0.15) is 0 Å². The van der Waals surface area contributed by atoms with Gasteiger partial charge in [0, 0.05) is 31.2 Å². The number of nitrogens with zero attached hydrogens (tertiary/aromatic N) is 1. The second kappa shape index (κ2) is 5.71. The smallest absolute Gasteiger partial charge is 0.0221 e. The van der Waals surface area contributed by atoms with Crippen molar-refractivity contribution in [2.45, 2.75) is 71.5 Å². The maximum absolute atomic E-state index is 3.73. The van der Waals surface area contributed by atoms with E-state index >= 15 is 0 Å². The van der Waals surface area contributed by atoms with E-state index < -0.39 is 0 Å². The zero-order valence-corrected chi connectivity index (χ0v) is 12.1. The molecule has 4 unspecified atom stereocenters. The average molecular weight is 238 g/mol. The molecule has 0 bridgehead atoms. The minimum Gasteiger partial charge on any atom is -0.311 e. The molecule has 100 valence electrons. The summed E-state index contributed by atoms with van der Waals surface area (Å²) in [6.07, 6.45) is 5.69. The summed E-state index contributed by atoms with van der Waals surface area (Å²) >= 11 is 0. The zero-order chi connectivity index (χ0) is 12.4. The number of piperazine rings is 1. The Bertz CT molecular complexity index is 237. The molecule has 0 amide bonds. The molecule has 4 atom stereocenters. The Kier molecular flexibility index (Phi) is 4.48. The Hall–Kier alpha value is -0.0800. The van der Waals surface area contributed by atoms with Crippen molar-refractivity contribution in [1.29, 1.82) is 0 Å². The predicted molar refractivity (Wildman–Crippen MR) is 74.2 cm³/mol. The van der Waals surface area contributed by atoms with Gasteiger partial charge in [-0.25, -0.2) is 0 Å². The van der Waals surface area contributed by atoms with Crippen molar-refractivity contribution in [2.24, 2.45) is 11.8 Å². The normalized spacial score (nSPS) is 34.6. The molecule has 17 heavy (non-hydrogen) atoms. The Morgan fingerprint density at radius 1 is 1.29 bits per heavy atom. The van der Waals surface area contributed by atoms with Gasteiger partial charge in [0.05, 0.1) is 0 Å². The van der Waals surface area contributed by atoms with E-state index in [4.69, 9.17) is 0 Å². The summed E-state index contributed by atoms with van der Waals surface area (Å²) < 4.78 is 0. The lowest BCUT2D eigenvalue weighted by Crippen LogP contribution is -2.59. The highest BCUT2D eigenvalue weighted by atomic mass is 15.2. The lowest BCUT2D eigenvalue weighted by atomic mass is 9.94. The van der Waals surface area contributed by atoms with Crippen LogP contribution >= 0.6 is 0 Å². The summed E-state index contributed by atoms with van der Waals surface area (Å²) in [6, 6.07) is 2.20. The fourth-order valence-electron chi connectivity index (χ4n) is 3.16. The lowest BCUT2D eigenvalue weighted by molar-refractivity contribution is 0.0759. The van der Waals surface area contributed by atoms with Crippen molar-refractivity contribution in [2.75, 3.05) is 13.1 Å². The third kappa shape index (κ3) is 3.45. The summed E-state index contributed by atoms with van der Waals surface area (Å²) in [4.78, 5) is 2.76. The molecular weight excluding hydrogens is 208 g/mol. The Morgan fingerprint density at radius 3 is 2.59 bits per heavy atom. The topological polar surface area (TPSA) is 15.3 Å². The highest BCUT2D eigenvalue weighted by Crippen LogP contribution is 2.35. The molecule has 2 nitrogen and oxygen atoms in total. The standard InChI is InChI=1S/C15H30N2/c1-5-11(2)15-10-17(13(4)9-16-15)12(3)8-14-6-7-14/h11-16H,5-10H2,1-4H3. The maximum atomic E-state index is 3.73. The van der Waals surface area contributed by atoms with Crippen LogP contribution in [0.4, 0.5) is 0 Å². The molecule has 2 heteroatoms. The van der Waals surface area contributed by atoms with Crippen molar-refractivity contribution >= 4 is 0 Å². The van der Waals surface area contributed by atoms with Gasteiger partial charge in [0.2, 0.25) is 0 Å². The summed E-state index contributed by atoms with van der Waals surface area (Å²) in [6.45, 7) is 11.9. The Labute approximate surface area is 107 Å². The molecular formula is C15H30N2. The van der Waals surface area contributed by atoms with E-state index in [-0.39, 0.29) is 0 Å². The van der Waals surface area contributed by atoms with E-state index in [2.05, 4.69) is 37.9 Å². The van der Waals surface area contributed by atoms with Crippen molar-refractivity contribution in [1.82, 2.24) is 10.2 Å². The molecule has 0 aromatic carbocycles. The first-order valence-electron chi connectivity index (χ1n) is 7.61. The molecule has 0 aromatic heterocycles. The van der Waals surface area contributed by atoms with Gasteiger partial charge in [0.15, 0.2) is 0 Å². The van der Waals surface area contributed by atoms with Crippen LogP contribution in [-0.2, 0) is 0 Å². The predicted octanol–water partition coefficient (Wildman–Crippen LogP) is 2.88. The average Bonchev–Trinajstić information content (AvgIpc) is 3.12. The summed E-state index contributed by atoms with van der Waals surface area (Å²) in [5.74, 6) is 1.85. The minimum absolute atomic E-state index is 0.706. The molecule has 1 N–H and O–H groups in total. The molecule has 0 spiro atoms. The largest absolute Gasteiger partial charge is 0.311 e. The molecule has 0 radical (unpaired) electrons. The molecule has 0 aromatic rings. The third-order valence-electron chi connectivity index (χ3n) is 4.92. The molecule has 2 aliphatic rings. The second-order valence-electron chi connectivity index (χ2n) is 6.47. The van der Waals surface area contributed by atoms with Crippen LogP contribution in [0.25, 0.3) is 0 Å². The van der Waals surface area contributed by atoms with Gasteiger partial charge in [0.1, 0.15) is 0 Å². The van der Waals surface area contributed by atoms with Gasteiger partial charge in [-0.15, -0.1) is 0 Å². The van der Waals surface area contributed by atoms with E-state index in [9.17, 15) is 0 Å². The van der Waals surface area contributed by atoms with Crippen molar-refractivity contribution in [3.8, 4) is 0 Å². The Morgan fingerprint density at radius 2 is 2.00 bits per heavy atom. The van der Waals surface area contributed by atoms with Crippen molar-refractivity contribution in [3.63, 3.8) is 0 Å². The monoisotopic (exact) mass is 238 g/mol. The highest BCUT2D eigenvalue weighted by Gasteiger charge is 2.33. The number of hydrogen-bond acceptors (Lipinski definition) is 2. The fourth-order valence-corrected chi connectivity index (χ4v) is 3.16. The Balaban J connectivity index is 1.88. The van der Waals surface area contributed by atoms with Crippen LogP contribution in [0.1, 0.15) is 53.4 Å². The van der Waals surface area contributed by atoms with Gasteiger partial charge < -0.3 is 5.32 Å². The van der Waals surface area contributed by atoms with Crippen LogP contribution in [0.5, 0.6) is 0 Å². The first-order chi connectivity index (χ1) is 8.11. The third-order valence-corrected chi connectivity index (χ3v) is 4.92. The molecule has 1 saturated heterocycles. The lowest BCUT2D eigenvalue weighted by Gasteiger charge is -2.44. The van der Waals surface area contributed by atoms with E-state index in [1.165, 1.54) is 38.8 Å². The summed E-state index contributed by atoms with van der Waals surface area (Å²) in [7, 11) is 0. The van der Waals surface area contributed by atoms with E-state index in [1.54, 1.807) is 0 Å². The molecule has 1 saturated carbocycles. The van der Waals surface area contributed by atoms with Crippen LogP contribution in [-0.4, -0.2) is 36.1 Å². The molecule has 2 fully saturated rings. The molecule has 1 heterocycles. The van der Waals surface area contributed by atoms with Crippen LogP contribution < -0.4 is 5.32 Å². The van der Waals surface area contributed by atoms with E-state index in [1.807, 2.05) is 0 Å². The SMILES string of the molecule is CCC(C)C1CN(C(C)CC2CC2)C(C)CN1. The van der Waals surface area contributed by atoms with Crippen LogP contribution in [0.2, 0.25) is 0 Å². The quantitative estimate of drug-likeness (QED) is 0.792. The maximum Gasteiger partial charge on any atom is 0.0221 e. The van der Waals surface area contributed by atoms with Crippen molar-refractivity contribution in [3.05, 3.63) is 0 Å². The van der Waals surface area contributed by atoms with Gasteiger partial charge in [-0.05, 0) is 32.1 Å². The molecule has 1 aliphatic carbocycles. The van der Waals surface area contributed by atoms with Crippen LogP contribution in [0, 0.1) is 11.8 Å². The van der Waals surface area contributed by atoms with Gasteiger partial charge >= 0.3 is 0 Å². The van der Waals surface area contributed by atoms with Crippen LogP contribution in [0.3, 0.4) is 0 Å². The first kappa shape index (κ1) is 13.4. The molecule has 2 rings (SSSR count). The summed E-state index contributed by atoms with van der Waals surface area (Å²) in [5, 5.41) is 3.73. The number of nitrogens with one attached hydrogen (secondary N) is 1. The van der Waals surface area contributed by atoms with Gasteiger partial charge in [0.25, 0.3) is 0 Å².